The molecule has 1 heterocycles. The summed E-state index contributed by atoms with van der Waals surface area (Å²) in [5.74, 6) is 0.639. The minimum atomic E-state index is -0.101. The van der Waals surface area contributed by atoms with E-state index in [4.69, 9.17) is 0 Å². The van der Waals surface area contributed by atoms with Gasteiger partial charge in [-0.1, -0.05) is 20.3 Å². The van der Waals surface area contributed by atoms with Gasteiger partial charge in [-0.3, -0.25) is 4.79 Å². The summed E-state index contributed by atoms with van der Waals surface area (Å²) in [6.45, 7) is 9.26. The maximum Gasteiger partial charge on any atom is 0.256 e. The van der Waals surface area contributed by atoms with Gasteiger partial charge >= 0.3 is 0 Å². The van der Waals surface area contributed by atoms with Gasteiger partial charge in [-0.25, -0.2) is 4.68 Å². The second-order valence-electron chi connectivity index (χ2n) is 5.87. The Hall–Kier alpha value is -2.30. The third kappa shape index (κ3) is 4.60. The van der Waals surface area contributed by atoms with Gasteiger partial charge in [0, 0.05) is 37.0 Å². The molecule has 130 valence electrons. The van der Waals surface area contributed by atoms with Gasteiger partial charge in [-0.2, -0.15) is 5.10 Å². The van der Waals surface area contributed by atoms with Gasteiger partial charge in [0.2, 0.25) is 0 Å². The van der Waals surface area contributed by atoms with E-state index in [1.54, 1.807) is 6.20 Å². The number of rotatable bonds is 9. The van der Waals surface area contributed by atoms with E-state index in [9.17, 15) is 4.79 Å². The number of benzene rings is 1. The largest absolute Gasteiger partial charge is 0.372 e. The van der Waals surface area contributed by atoms with E-state index in [0.29, 0.717) is 5.56 Å². The van der Waals surface area contributed by atoms with Gasteiger partial charge in [-0.15, -0.1) is 0 Å². The zero-order valence-electron chi connectivity index (χ0n) is 15.0. The van der Waals surface area contributed by atoms with E-state index in [0.717, 1.165) is 31.9 Å². The fourth-order valence-electron chi connectivity index (χ4n) is 2.66. The summed E-state index contributed by atoms with van der Waals surface area (Å²) in [7, 11) is 0. The molecular weight excluding hydrogens is 300 g/mol. The fourth-order valence-corrected chi connectivity index (χ4v) is 2.66. The highest BCUT2D eigenvalue weighted by Crippen LogP contribution is 2.17. The van der Waals surface area contributed by atoms with Gasteiger partial charge in [0.25, 0.3) is 5.91 Å². The molecule has 2 rings (SSSR count). The first-order valence-electron chi connectivity index (χ1n) is 8.87. The number of nitrogens with zero attached hydrogens (tertiary/aromatic N) is 3. The predicted molar refractivity (Wildman–Crippen MR) is 99.7 cm³/mol. The fraction of sp³-hybridized carbons (Fsp3) is 0.474. The van der Waals surface area contributed by atoms with Crippen molar-refractivity contribution in [1.29, 1.82) is 0 Å². The predicted octanol–water partition coefficient (Wildman–Crippen LogP) is 4.17. The summed E-state index contributed by atoms with van der Waals surface area (Å²) in [6, 6.07) is 9.65. The SMILES string of the molecule is CCCCN(CC)c1ccc(C(=O)Nc2ccnn2CCC)cc1. The van der Waals surface area contributed by atoms with Gasteiger partial charge in [0.15, 0.2) is 0 Å². The number of aromatic nitrogens is 2. The van der Waals surface area contributed by atoms with Crippen molar-refractivity contribution in [3.05, 3.63) is 42.1 Å². The molecule has 2 aromatic rings. The van der Waals surface area contributed by atoms with Crippen LogP contribution in [0.5, 0.6) is 0 Å². The average Bonchev–Trinajstić information content (AvgIpc) is 3.03. The smallest absolute Gasteiger partial charge is 0.256 e. The first kappa shape index (κ1) is 18.0. The quantitative estimate of drug-likeness (QED) is 0.751. The minimum Gasteiger partial charge on any atom is -0.372 e. The van der Waals surface area contributed by atoms with Crippen molar-refractivity contribution in [1.82, 2.24) is 9.78 Å². The zero-order valence-corrected chi connectivity index (χ0v) is 15.0. The summed E-state index contributed by atoms with van der Waals surface area (Å²) in [5.41, 5.74) is 1.83. The monoisotopic (exact) mass is 328 g/mol. The molecule has 1 aromatic carbocycles. The molecule has 5 nitrogen and oxygen atoms in total. The molecular formula is C19H28N4O. The molecule has 0 atom stereocenters. The van der Waals surface area contributed by atoms with Crippen molar-refractivity contribution in [3.63, 3.8) is 0 Å². The van der Waals surface area contributed by atoms with Crippen LogP contribution in [0, 0.1) is 0 Å². The standard InChI is InChI=1S/C19H28N4O/c1-4-7-15-22(6-3)17-10-8-16(9-11-17)19(24)21-18-12-13-20-23(18)14-5-2/h8-13H,4-7,14-15H2,1-3H3,(H,21,24). The number of anilines is 2. The Labute approximate surface area is 144 Å². The van der Waals surface area contributed by atoms with E-state index in [2.05, 4.69) is 36.1 Å². The molecule has 0 aliphatic carbocycles. The van der Waals surface area contributed by atoms with Crippen LogP contribution < -0.4 is 10.2 Å². The summed E-state index contributed by atoms with van der Waals surface area (Å²) in [5, 5.41) is 7.16. The third-order valence-electron chi connectivity index (χ3n) is 4.05. The highest BCUT2D eigenvalue weighted by Gasteiger charge is 2.10. The topological polar surface area (TPSA) is 50.2 Å². The Kier molecular flexibility index (Phi) is 6.85. The first-order chi connectivity index (χ1) is 11.7. The minimum absolute atomic E-state index is 0.101. The van der Waals surface area contributed by atoms with Gasteiger partial charge in [0.1, 0.15) is 5.82 Å². The van der Waals surface area contributed by atoms with Crippen LogP contribution in [0.25, 0.3) is 0 Å². The second kappa shape index (κ2) is 9.11. The zero-order chi connectivity index (χ0) is 17.4. The van der Waals surface area contributed by atoms with Crippen LogP contribution in [-0.4, -0.2) is 28.8 Å². The Morgan fingerprint density at radius 1 is 1.12 bits per heavy atom. The van der Waals surface area contributed by atoms with E-state index in [1.807, 2.05) is 35.0 Å². The summed E-state index contributed by atoms with van der Waals surface area (Å²) < 4.78 is 1.82. The van der Waals surface area contributed by atoms with Gasteiger partial charge < -0.3 is 10.2 Å². The number of amides is 1. The van der Waals surface area contributed by atoms with Crippen molar-refractivity contribution < 1.29 is 4.79 Å². The van der Waals surface area contributed by atoms with Crippen molar-refractivity contribution in [2.75, 3.05) is 23.3 Å². The molecule has 0 saturated heterocycles. The van der Waals surface area contributed by atoms with Crippen molar-refractivity contribution in [2.24, 2.45) is 0 Å². The lowest BCUT2D eigenvalue weighted by atomic mass is 10.1. The number of aryl methyl sites for hydroxylation is 1. The van der Waals surface area contributed by atoms with Gasteiger partial charge in [-0.05, 0) is 44.0 Å². The molecule has 1 amide bonds. The number of hydrogen-bond donors (Lipinski definition) is 1. The number of carbonyl (C=O) groups excluding carboxylic acids is 1. The van der Waals surface area contributed by atoms with Crippen molar-refractivity contribution in [3.8, 4) is 0 Å². The first-order valence-corrected chi connectivity index (χ1v) is 8.87. The van der Waals surface area contributed by atoms with Gasteiger partial charge in [0.05, 0.1) is 6.20 Å². The molecule has 0 radical (unpaired) electrons. The van der Waals surface area contributed by atoms with Crippen molar-refractivity contribution >= 4 is 17.4 Å². The van der Waals surface area contributed by atoms with Crippen LogP contribution in [-0.2, 0) is 6.54 Å². The van der Waals surface area contributed by atoms with Crippen LogP contribution in [0.15, 0.2) is 36.5 Å². The molecule has 0 fully saturated rings. The Bertz CT molecular complexity index is 633. The molecule has 0 aliphatic heterocycles. The summed E-state index contributed by atoms with van der Waals surface area (Å²) in [4.78, 5) is 14.8. The van der Waals surface area contributed by atoms with E-state index in [-0.39, 0.29) is 5.91 Å². The molecule has 1 aromatic heterocycles. The summed E-state index contributed by atoms with van der Waals surface area (Å²) in [6.07, 6.45) is 5.05. The molecule has 5 heteroatoms. The lowest BCUT2D eigenvalue weighted by Crippen LogP contribution is -2.24. The molecule has 0 saturated carbocycles. The average molecular weight is 328 g/mol. The Balaban J connectivity index is 2.04. The molecule has 0 bridgehead atoms. The number of carbonyl (C=O) groups is 1. The van der Waals surface area contributed by atoms with Crippen LogP contribution >= 0.6 is 0 Å². The van der Waals surface area contributed by atoms with Crippen LogP contribution in [0.4, 0.5) is 11.5 Å². The lowest BCUT2D eigenvalue weighted by molar-refractivity contribution is 0.102. The maximum absolute atomic E-state index is 12.4. The highest BCUT2D eigenvalue weighted by molar-refractivity contribution is 6.04. The Morgan fingerprint density at radius 2 is 1.88 bits per heavy atom. The molecule has 0 unspecified atom stereocenters. The molecule has 1 N–H and O–H groups in total. The van der Waals surface area contributed by atoms with E-state index < -0.39 is 0 Å². The van der Waals surface area contributed by atoms with E-state index in [1.165, 1.54) is 18.5 Å². The molecule has 0 spiro atoms. The van der Waals surface area contributed by atoms with Crippen LogP contribution in [0.3, 0.4) is 0 Å². The number of hydrogen-bond acceptors (Lipinski definition) is 3. The highest BCUT2D eigenvalue weighted by atomic mass is 16.1. The lowest BCUT2D eigenvalue weighted by Gasteiger charge is -2.23. The molecule has 24 heavy (non-hydrogen) atoms. The normalized spacial score (nSPS) is 10.6. The van der Waals surface area contributed by atoms with Crippen LogP contribution in [0.1, 0.15) is 50.4 Å². The molecule has 0 aliphatic rings. The second-order valence-corrected chi connectivity index (χ2v) is 5.87. The maximum atomic E-state index is 12.4. The Morgan fingerprint density at radius 3 is 2.50 bits per heavy atom. The van der Waals surface area contributed by atoms with E-state index >= 15 is 0 Å². The van der Waals surface area contributed by atoms with Crippen molar-refractivity contribution in [2.45, 2.75) is 46.6 Å². The number of nitrogens with one attached hydrogen (secondary N) is 1. The summed E-state index contributed by atoms with van der Waals surface area (Å²) >= 11 is 0. The van der Waals surface area contributed by atoms with Crippen LogP contribution in [0.2, 0.25) is 0 Å². The number of unbranched alkanes of at least 4 members (excludes halogenated alkanes) is 1. The third-order valence-corrected chi connectivity index (χ3v) is 4.05.